The molecule has 4 rings (SSSR count). The molecular formula is C34H46N2O8. The van der Waals surface area contributed by atoms with Gasteiger partial charge in [0, 0.05) is 23.3 Å². The molecule has 2 aliphatic heterocycles. The number of likely N-dealkylation sites (N-methyl/N-ethyl adjacent to an activating group) is 2. The molecule has 2 atom stereocenters. The second kappa shape index (κ2) is 15.0. The van der Waals surface area contributed by atoms with Crippen molar-refractivity contribution in [2.45, 2.75) is 52.1 Å². The van der Waals surface area contributed by atoms with E-state index >= 15 is 0 Å². The molecular weight excluding hydrogens is 564 g/mol. The Hall–Kier alpha value is -3.44. The van der Waals surface area contributed by atoms with Crippen LogP contribution in [0.25, 0.3) is 0 Å². The maximum absolute atomic E-state index is 13.3. The predicted octanol–water partition coefficient (Wildman–Crippen LogP) is 4.18. The van der Waals surface area contributed by atoms with Gasteiger partial charge in [0.1, 0.15) is 11.5 Å². The first-order valence-corrected chi connectivity index (χ1v) is 15.5. The molecule has 0 N–H and O–H groups in total. The summed E-state index contributed by atoms with van der Waals surface area (Å²) in [6.45, 7) is 12.6. The van der Waals surface area contributed by atoms with Crippen LogP contribution in [-0.2, 0) is 53.0 Å². The van der Waals surface area contributed by atoms with Gasteiger partial charge in [0.15, 0.2) is 0 Å². The van der Waals surface area contributed by atoms with Gasteiger partial charge in [-0.1, -0.05) is 27.7 Å². The molecule has 10 nitrogen and oxygen atoms in total. The summed E-state index contributed by atoms with van der Waals surface area (Å²) in [6, 6.07) is 11.3. The summed E-state index contributed by atoms with van der Waals surface area (Å²) < 4.78 is 35.4. The highest BCUT2D eigenvalue weighted by Gasteiger charge is 2.44. The topological polar surface area (TPSA) is 96.0 Å². The molecule has 2 aromatic carbocycles. The fourth-order valence-corrected chi connectivity index (χ4v) is 5.87. The lowest BCUT2D eigenvalue weighted by Crippen LogP contribution is -2.49. The average molecular weight is 611 g/mol. The molecule has 44 heavy (non-hydrogen) atoms. The molecule has 0 aliphatic carbocycles. The molecule has 2 aromatic rings. The van der Waals surface area contributed by atoms with Crippen molar-refractivity contribution in [2.75, 3.05) is 66.7 Å². The first kappa shape index (κ1) is 33.5. The van der Waals surface area contributed by atoms with Crippen LogP contribution in [0.15, 0.2) is 48.6 Å². The standard InChI is InChI=1S/C34H46N2O8/c1-7-35(8-2)23-33(29-13-11-27(39-5)21-25(29)17-19-41-33)43-31(37)15-16-32(38)44-34(24-36(9-3)10-4)30-14-12-28(40-6)22-26(30)18-20-42-34/h11-16,21-22H,7-10,17-20,23-24H2,1-6H3/b16-15+. The molecule has 0 amide bonds. The van der Waals surface area contributed by atoms with E-state index < -0.39 is 23.5 Å². The minimum atomic E-state index is -1.34. The van der Waals surface area contributed by atoms with Gasteiger partial charge in [-0.15, -0.1) is 0 Å². The summed E-state index contributed by atoms with van der Waals surface area (Å²) in [4.78, 5) is 30.9. The van der Waals surface area contributed by atoms with Crippen LogP contribution in [0, 0.1) is 0 Å². The molecule has 10 heteroatoms. The minimum Gasteiger partial charge on any atom is -0.497 e. The fourth-order valence-electron chi connectivity index (χ4n) is 5.87. The van der Waals surface area contributed by atoms with Gasteiger partial charge in [0.2, 0.25) is 0 Å². The number of nitrogens with zero attached hydrogens (tertiary/aromatic N) is 2. The fraction of sp³-hybridized carbons (Fsp3) is 0.529. The number of carbonyl (C=O) groups excluding carboxylic acids is 2. The molecule has 0 fully saturated rings. The Labute approximate surface area is 260 Å². The number of hydrogen-bond donors (Lipinski definition) is 0. The lowest BCUT2D eigenvalue weighted by Gasteiger charge is -2.41. The lowest BCUT2D eigenvalue weighted by atomic mass is 9.93. The van der Waals surface area contributed by atoms with Crippen molar-refractivity contribution >= 4 is 11.9 Å². The van der Waals surface area contributed by atoms with Crippen LogP contribution in [0.4, 0.5) is 0 Å². The van der Waals surface area contributed by atoms with Gasteiger partial charge in [0.05, 0.1) is 40.5 Å². The van der Waals surface area contributed by atoms with Gasteiger partial charge in [-0.25, -0.2) is 9.59 Å². The molecule has 0 spiro atoms. The van der Waals surface area contributed by atoms with E-state index in [-0.39, 0.29) is 0 Å². The van der Waals surface area contributed by atoms with Crippen molar-refractivity contribution in [2.24, 2.45) is 0 Å². The molecule has 0 radical (unpaired) electrons. The van der Waals surface area contributed by atoms with Gasteiger partial charge in [-0.3, -0.25) is 9.80 Å². The average Bonchev–Trinajstić information content (AvgIpc) is 3.05. The third kappa shape index (κ3) is 7.43. The number of benzene rings is 2. The first-order valence-electron chi connectivity index (χ1n) is 15.5. The number of hydrogen-bond acceptors (Lipinski definition) is 10. The Balaban J connectivity index is 1.59. The number of methoxy groups -OCH3 is 2. The van der Waals surface area contributed by atoms with Crippen molar-refractivity contribution < 1.29 is 38.0 Å². The van der Waals surface area contributed by atoms with Crippen LogP contribution >= 0.6 is 0 Å². The molecule has 0 saturated heterocycles. The third-order valence-corrected chi connectivity index (χ3v) is 8.40. The third-order valence-electron chi connectivity index (χ3n) is 8.40. The number of carbonyl (C=O) groups is 2. The summed E-state index contributed by atoms with van der Waals surface area (Å²) in [7, 11) is 3.24. The zero-order valence-corrected chi connectivity index (χ0v) is 26.9. The zero-order chi connectivity index (χ0) is 31.7. The van der Waals surface area contributed by atoms with E-state index in [0.29, 0.717) is 39.1 Å². The van der Waals surface area contributed by atoms with E-state index in [1.54, 1.807) is 14.2 Å². The highest BCUT2D eigenvalue weighted by molar-refractivity contribution is 5.92. The minimum absolute atomic E-state index is 0.338. The number of esters is 2. The van der Waals surface area contributed by atoms with E-state index in [4.69, 9.17) is 28.4 Å². The summed E-state index contributed by atoms with van der Waals surface area (Å²) in [5.74, 6) is -2.67. The zero-order valence-electron chi connectivity index (χ0n) is 26.9. The van der Waals surface area contributed by atoms with Crippen molar-refractivity contribution in [3.05, 3.63) is 70.8 Å². The number of ether oxygens (including phenoxy) is 6. The molecule has 240 valence electrons. The molecule has 0 aromatic heterocycles. The molecule has 2 heterocycles. The van der Waals surface area contributed by atoms with Crippen molar-refractivity contribution in [3.8, 4) is 11.5 Å². The van der Waals surface area contributed by atoms with Crippen LogP contribution in [0.1, 0.15) is 49.9 Å². The van der Waals surface area contributed by atoms with Crippen LogP contribution in [0.5, 0.6) is 11.5 Å². The smallest absolute Gasteiger partial charge is 0.333 e. The second-order valence-corrected chi connectivity index (χ2v) is 10.8. The second-order valence-electron chi connectivity index (χ2n) is 10.8. The lowest BCUT2D eigenvalue weighted by molar-refractivity contribution is -0.249. The van der Waals surface area contributed by atoms with Crippen molar-refractivity contribution in [3.63, 3.8) is 0 Å². The van der Waals surface area contributed by atoms with E-state index in [1.807, 2.05) is 64.1 Å². The predicted molar refractivity (Wildman–Crippen MR) is 166 cm³/mol. The Morgan fingerprint density at radius 2 is 1.09 bits per heavy atom. The Bertz CT molecular complexity index is 1220. The van der Waals surface area contributed by atoms with E-state index in [9.17, 15) is 9.59 Å². The highest BCUT2D eigenvalue weighted by atomic mass is 16.7. The SMILES string of the molecule is CCN(CC)CC1(OC(=O)/C=C/C(=O)OC2(CN(CC)CC)OCCc3cc(OC)ccc32)OCCc2cc(OC)ccc21. The van der Waals surface area contributed by atoms with Gasteiger partial charge < -0.3 is 28.4 Å². The summed E-state index contributed by atoms with van der Waals surface area (Å²) in [6.07, 6.45) is 3.51. The molecule has 0 saturated carbocycles. The monoisotopic (exact) mass is 610 g/mol. The molecule has 2 unspecified atom stereocenters. The van der Waals surface area contributed by atoms with E-state index in [1.165, 1.54) is 0 Å². The van der Waals surface area contributed by atoms with Gasteiger partial charge in [-0.2, -0.15) is 0 Å². The van der Waals surface area contributed by atoms with E-state index in [2.05, 4.69) is 9.80 Å². The summed E-state index contributed by atoms with van der Waals surface area (Å²) in [5, 5.41) is 0. The molecule has 0 bridgehead atoms. The summed E-state index contributed by atoms with van der Waals surface area (Å²) >= 11 is 0. The van der Waals surface area contributed by atoms with E-state index in [0.717, 1.165) is 72.1 Å². The van der Waals surface area contributed by atoms with Crippen molar-refractivity contribution in [1.29, 1.82) is 0 Å². The Kier molecular flexibility index (Phi) is 11.4. The van der Waals surface area contributed by atoms with Gasteiger partial charge in [-0.05, 0) is 86.5 Å². The van der Waals surface area contributed by atoms with Crippen LogP contribution < -0.4 is 9.47 Å². The quantitative estimate of drug-likeness (QED) is 0.229. The van der Waals surface area contributed by atoms with Crippen LogP contribution in [0.3, 0.4) is 0 Å². The van der Waals surface area contributed by atoms with Crippen LogP contribution in [0.2, 0.25) is 0 Å². The summed E-state index contributed by atoms with van der Waals surface area (Å²) in [5.41, 5.74) is 3.51. The maximum atomic E-state index is 13.3. The number of fused-ring (bicyclic) bond motifs is 2. The van der Waals surface area contributed by atoms with Crippen LogP contribution in [-0.4, -0.2) is 88.4 Å². The Morgan fingerprint density at radius 3 is 1.43 bits per heavy atom. The highest BCUT2D eigenvalue weighted by Crippen LogP contribution is 2.39. The Morgan fingerprint density at radius 1 is 0.705 bits per heavy atom. The number of rotatable bonds is 14. The normalized spacial score (nSPS) is 21.2. The first-order chi connectivity index (χ1) is 21.2. The van der Waals surface area contributed by atoms with Gasteiger partial charge in [0.25, 0.3) is 11.6 Å². The molecule has 2 aliphatic rings. The van der Waals surface area contributed by atoms with Gasteiger partial charge >= 0.3 is 11.9 Å². The van der Waals surface area contributed by atoms with Crippen molar-refractivity contribution in [1.82, 2.24) is 9.80 Å². The maximum Gasteiger partial charge on any atom is 0.333 e. The largest absolute Gasteiger partial charge is 0.497 e.